The second-order valence-electron chi connectivity index (χ2n) is 4.73. The predicted octanol–water partition coefficient (Wildman–Crippen LogP) is 3.26. The van der Waals surface area contributed by atoms with E-state index in [1.54, 1.807) is 0 Å². The largest absolute Gasteiger partial charge is 0.392 e. The minimum absolute atomic E-state index is 0.0944. The monoisotopic (exact) mass is 300 g/mol. The van der Waals surface area contributed by atoms with Gasteiger partial charge in [-0.15, -0.1) is 0 Å². The normalized spacial score (nSPS) is 17.2. The van der Waals surface area contributed by atoms with Gasteiger partial charge in [-0.25, -0.2) is 4.39 Å². The van der Waals surface area contributed by atoms with E-state index in [0.29, 0.717) is 12.8 Å². The van der Waals surface area contributed by atoms with Gasteiger partial charge in [0.15, 0.2) is 0 Å². The molecule has 0 saturated heterocycles. The van der Waals surface area contributed by atoms with E-state index in [1.807, 2.05) is 0 Å². The van der Waals surface area contributed by atoms with Crippen LogP contribution in [0.2, 0.25) is 5.02 Å². The minimum Gasteiger partial charge on any atom is -0.392 e. The molecular weight excluding hydrogens is 287 g/mol. The summed E-state index contributed by atoms with van der Waals surface area (Å²) in [6, 6.07) is 4.10. The Bertz CT molecular complexity index is 529. The van der Waals surface area contributed by atoms with Gasteiger partial charge in [-0.3, -0.25) is 4.79 Å². The van der Waals surface area contributed by atoms with Crippen molar-refractivity contribution in [1.29, 1.82) is 0 Å². The smallest absolute Gasteiger partial charge is 0.237 e. The van der Waals surface area contributed by atoms with Gasteiger partial charge in [-0.1, -0.05) is 36.7 Å². The van der Waals surface area contributed by atoms with Crippen molar-refractivity contribution in [2.45, 2.75) is 25.7 Å². The number of hydrogen-bond donors (Lipinski definition) is 2. The Labute approximate surface area is 121 Å². The third-order valence-corrected chi connectivity index (χ3v) is 4.17. The van der Waals surface area contributed by atoms with Crippen molar-refractivity contribution in [2.75, 3.05) is 5.32 Å². The van der Waals surface area contributed by atoms with Crippen LogP contribution in [0.5, 0.6) is 0 Å². The summed E-state index contributed by atoms with van der Waals surface area (Å²) in [6.07, 6.45) is 3.02. The van der Waals surface area contributed by atoms with Gasteiger partial charge in [0.25, 0.3) is 0 Å². The van der Waals surface area contributed by atoms with Crippen LogP contribution in [0.4, 0.5) is 10.1 Å². The SMILES string of the molecule is NC(=S)C1(C(=O)Nc2ccc(Cl)cc2F)CCCC1. The number of anilines is 1. The topological polar surface area (TPSA) is 55.1 Å². The molecule has 0 aromatic heterocycles. The molecule has 1 aromatic carbocycles. The lowest BCUT2D eigenvalue weighted by Gasteiger charge is -2.26. The first-order chi connectivity index (χ1) is 8.95. The molecule has 0 atom stereocenters. The van der Waals surface area contributed by atoms with Gasteiger partial charge < -0.3 is 11.1 Å². The first kappa shape index (κ1) is 14.2. The van der Waals surface area contributed by atoms with Crippen LogP contribution in [-0.4, -0.2) is 10.9 Å². The van der Waals surface area contributed by atoms with Crippen molar-refractivity contribution in [3.63, 3.8) is 0 Å². The van der Waals surface area contributed by atoms with E-state index in [1.165, 1.54) is 12.1 Å². The minimum atomic E-state index is -0.846. The first-order valence-electron chi connectivity index (χ1n) is 6.02. The van der Waals surface area contributed by atoms with Crippen molar-refractivity contribution in [3.05, 3.63) is 29.0 Å². The Morgan fingerprint density at radius 3 is 2.58 bits per heavy atom. The van der Waals surface area contributed by atoms with Crippen LogP contribution < -0.4 is 11.1 Å². The van der Waals surface area contributed by atoms with Crippen LogP contribution in [0.1, 0.15) is 25.7 Å². The molecule has 1 aliphatic rings. The van der Waals surface area contributed by atoms with E-state index in [9.17, 15) is 9.18 Å². The Balaban J connectivity index is 2.22. The fourth-order valence-electron chi connectivity index (χ4n) is 2.40. The molecule has 0 unspecified atom stereocenters. The first-order valence-corrected chi connectivity index (χ1v) is 6.81. The third kappa shape index (κ3) is 2.72. The number of rotatable bonds is 3. The molecule has 0 heterocycles. The summed E-state index contributed by atoms with van der Waals surface area (Å²) in [6.45, 7) is 0. The lowest BCUT2D eigenvalue weighted by atomic mass is 9.85. The quantitative estimate of drug-likeness (QED) is 0.842. The summed E-state index contributed by atoms with van der Waals surface area (Å²) in [7, 11) is 0. The van der Waals surface area contributed by atoms with E-state index < -0.39 is 11.2 Å². The van der Waals surface area contributed by atoms with E-state index in [2.05, 4.69) is 5.32 Å². The van der Waals surface area contributed by atoms with Gasteiger partial charge >= 0.3 is 0 Å². The van der Waals surface area contributed by atoms with Crippen molar-refractivity contribution >= 4 is 40.4 Å². The number of benzene rings is 1. The number of thiocarbonyl (C=S) groups is 1. The predicted molar refractivity (Wildman–Crippen MR) is 77.7 cm³/mol. The maximum Gasteiger partial charge on any atom is 0.237 e. The van der Waals surface area contributed by atoms with Gasteiger partial charge in [-0.2, -0.15) is 0 Å². The molecule has 102 valence electrons. The fourth-order valence-corrected chi connectivity index (χ4v) is 2.85. The number of amides is 1. The molecule has 6 heteroatoms. The zero-order chi connectivity index (χ0) is 14.0. The number of halogens is 2. The van der Waals surface area contributed by atoms with Crippen LogP contribution in [0.3, 0.4) is 0 Å². The van der Waals surface area contributed by atoms with Gasteiger partial charge in [0.1, 0.15) is 5.82 Å². The van der Waals surface area contributed by atoms with Crippen LogP contribution in [-0.2, 0) is 4.79 Å². The molecule has 0 aliphatic heterocycles. The molecule has 19 heavy (non-hydrogen) atoms. The van der Waals surface area contributed by atoms with Gasteiger partial charge in [0.05, 0.1) is 16.1 Å². The number of nitrogens with one attached hydrogen (secondary N) is 1. The molecular formula is C13H14ClFN2OS. The van der Waals surface area contributed by atoms with Gasteiger partial charge in [0.2, 0.25) is 5.91 Å². The number of nitrogens with two attached hydrogens (primary N) is 1. The molecule has 3 N–H and O–H groups in total. The summed E-state index contributed by atoms with van der Waals surface area (Å²) in [4.78, 5) is 12.5. The summed E-state index contributed by atoms with van der Waals surface area (Å²) in [5.74, 6) is -0.907. The molecule has 1 amide bonds. The molecule has 1 fully saturated rings. The lowest BCUT2D eigenvalue weighted by Crippen LogP contribution is -2.44. The van der Waals surface area contributed by atoms with E-state index in [0.717, 1.165) is 18.9 Å². The average Bonchev–Trinajstić information content (AvgIpc) is 2.83. The molecule has 2 rings (SSSR count). The highest BCUT2D eigenvalue weighted by Gasteiger charge is 2.44. The molecule has 0 spiro atoms. The van der Waals surface area contributed by atoms with Gasteiger partial charge in [-0.05, 0) is 31.0 Å². The number of carbonyl (C=O) groups excluding carboxylic acids is 1. The Morgan fingerprint density at radius 2 is 2.05 bits per heavy atom. The van der Waals surface area contributed by atoms with E-state index >= 15 is 0 Å². The molecule has 0 radical (unpaired) electrons. The summed E-state index contributed by atoms with van der Waals surface area (Å²) < 4.78 is 13.7. The van der Waals surface area contributed by atoms with Crippen LogP contribution in [0.25, 0.3) is 0 Å². The summed E-state index contributed by atoms with van der Waals surface area (Å²) >= 11 is 10.7. The Morgan fingerprint density at radius 1 is 1.42 bits per heavy atom. The Kier molecular flexibility index (Phi) is 4.06. The van der Waals surface area contributed by atoms with Gasteiger partial charge in [0, 0.05) is 5.02 Å². The highest BCUT2D eigenvalue weighted by Crippen LogP contribution is 2.39. The van der Waals surface area contributed by atoms with Crippen LogP contribution in [0, 0.1) is 11.2 Å². The van der Waals surface area contributed by atoms with E-state index in [4.69, 9.17) is 29.6 Å². The Hall–Kier alpha value is -1.20. The summed E-state index contributed by atoms with van der Waals surface area (Å²) in [5, 5.41) is 2.84. The van der Waals surface area contributed by atoms with Crippen molar-refractivity contribution < 1.29 is 9.18 Å². The molecule has 1 aliphatic carbocycles. The van der Waals surface area contributed by atoms with Crippen LogP contribution >= 0.6 is 23.8 Å². The molecule has 0 bridgehead atoms. The highest BCUT2D eigenvalue weighted by atomic mass is 35.5. The second kappa shape index (κ2) is 5.43. The van der Waals surface area contributed by atoms with Crippen molar-refractivity contribution in [1.82, 2.24) is 0 Å². The molecule has 1 saturated carbocycles. The maximum absolute atomic E-state index is 13.7. The van der Waals surface area contributed by atoms with E-state index in [-0.39, 0.29) is 21.6 Å². The maximum atomic E-state index is 13.7. The van der Waals surface area contributed by atoms with Crippen molar-refractivity contribution in [2.24, 2.45) is 11.1 Å². The number of carbonyl (C=O) groups is 1. The third-order valence-electron chi connectivity index (χ3n) is 3.54. The highest BCUT2D eigenvalue weighted by molar-refractivity contribution is 7.80. The second-order valence-corrected chi connectivity index (χ2v) is 5.61. The average molecular weight is 301 g/mol. The van der Waals surface area contributed by atoms with Crippen molar-refractivity contribution in [3.8, 4) is 0 Å². The molecule has 1 aromatic rings. The fraction of sp³-hybridized carbons (Fsp3) is 0.385. The zero-order valence-corrected chi connectivity index (χ0v) is 11.8. The zero-order valence-electron chi connectivity index (χ0n) is 10.2. The standard InChI is InChI=1S/C13H14ClFN2OS/c14-8-3-4-10(9(15)7-8)17-12(18)13(11(16)19)5-1-2-6-13/h3-4,7H,1-2,5-6H2,(H2,16,19)(H,17,18). The summed E-state index contributed by atoms with van der Waals surface area (Å²) in [5.41, 5.74) is 4.95. The number of hydrogen-bond acceptors (Lipinski definition) is 2. The van der Waals surface area contributed by atoms with Crippen LogP contribution in [0.15, 0.2) is 18.2 Å². The lowest BCUT2D eigenvalue weighted by molar-refractivity contribution is -0.122. The molecule has 3 nitrogen and oxygen atoms in total.